The molecular formula is C15H23NO2. The van der Waals surface area contributed by atoms with Gasteiger partial charge in [0.1, 0.15) is 0 Å². The van der Waals surface area contributed by atoms with Crippen molar-refractivity contribution in [1.29, 1.82) is 0 Å². The number of rotatable bonds is 7. The highest BCUT2D eigenvalue weighted by molar-refractivity contribution is 5.98. The maximum absolute atomic E-state index is 12.3. The van der Waals surface area contributed by atoms with Crippen LogP contribution in [0.15, 0.2) is 24.3 Å². The molecule has 0 fully saturated rings. The Morgan fingerprint density at radius 1 is 1.39 bits per heavy atom. The second-order valence-corrected chi connectivity index (χ2v) is 4.61. The molecule has 0 N–H and O–H groups in total. The SMILES string of the molecule is CCN(CC(=O)c1ccccc1C)C(C)COC. The lowest BCUT2D eigenvalue weighted by Crippen LogP contribution is -2.39. The number of hydrogen-bond donors (Lipinski definition) is 0. The van der Waals surface area contributed by atoms with E-state index in [0.717, 1.165) is 17.7 Å². The lowest BCUT2D eigenvalue weighted by atomic mass is 10.0. The first-order valence-corrected chi connectivity index (χ1v) is 6.42. The highest BCUT2D eigenvalue weighted by Gasteiger charge is 2.17. The van der Waals surface area contributed by atoms with Gasteiger partial charge in [0.05, 0.1) is 13.2 Å². The van der Waals surface area contributed by atoms with E-state index < -0.39 is 0 Å². The van der Waals surface area contributed by atoms with E-state index in [0.29, 0.717) is 13.2 Å². The van der Waals surface area contributed by atoms with Crippen molar-refractivity contribution in [2.45, 2.75) is 26.8 Å². The molecule has 1 aromatic rings. The molecule has 18 heavy (non-hydrogen) atoms. The third-order valence-corrected chi connectivity index (χ3v) is 3.23. The maximum atomic E-state index is 12.3. The molecule has 0 aliphatic heterocycles. The summed E-state index contributed by atoms with van der Waals surface area (Å²) in [5.74, 6) is 0.179. The van der Waals surface area contributed by atoms with Crippen molar-refractivity contribution in [2.75, 3.05) is 26.8 Å². The van der Waals surface area contributed by atoms with Gasteiger partial charge in [-0.05, 0) is 26.0 Å². The van der Waals surface area contributed by atoms with Gasteiger partial charge in [-0.3, -0.25) is 9.69 Å². The van der Waals surface area contributed by atoms with E-state index in [2.05, 4.69) is 18.7 Å². The highest BCUT2D eigenvalue weighted by atomic mass is 16.5. The Bertz CT molecular complexity index is 390. The topological polar surface area (TPSA) is 29.5 Å². The molecule has 0 saturated heterocycles. The second kappa shape index (κ2) is 7.29. The predicted octanol–water partition coefficient (Wildman–Crippen LogP) is 2.53. The molecule has 0 aromatic heterocycles. The van der Waals surface area contributed by atoms with Crippen LogP contribution >= 0.6 is 0 Å². The molecule has 0 saturated carbocycles. The first kappa shape index (κ1) is 14.9. The van der Waals surface area contributed by atoms with Crippen LogP contribution < -0.4 is 0 Å². The van der Waals surface area contributed by atoms with Crippen LogP contribution in [-0.4, -0.2) is 43.5 Å². The average molecular weight is 249 g/mol. The van der Waals surface area contributed by atoms with Crippen LogP contribution in [0.2, 0.25) is 0 Å². The van der Waals surface area contributed by atoms with Crippen LogP contribution in [0.5, 0.6) is 0 Å². The van der Waals surface area contributed by atoms with Gasteiger partial charge in [-0.2, -0.15) is 0 Å². The number of ether oxygens (including phenoxy) is 1. The molecule has 3 heteroatoms. The minimum Gasteiger partial charge on any atom is -0.383 e. The standard InChI is InChI=1S/C15H23NO2/c1-5-16(13(3)11-18-4)10-15(17)14-9-7-6-8-12(14)2/h6-9,13H,5,10-11H2,1-4H3. The smallest absolute Gasteiger partial charge is 0.177 e. The fourth-order valence-corrected chi connectivity index (χ4v) is 2.08. The van der Waals surface area contributed by atoms with E-state index >= 15 is 0 Å². The molecule has 0 amide bonds. The lowest BCUT2D eigenvalue weighted by Gasteiger charge is -2.26. The molecule has 1 unspecified atom stereocenters. The Balaban J connectivity index is 2.71. The Morgan fingerprint density at radius 2 is 2.06 bits per heavy atom. The summed E-state index contributed by atoms with van der Waals surface area (Å²) in [6.45, 7) is 8.07. The highest BCUT2D eigenvalue weighted by Crippen LogP contribution is 2.10. The van der Waals surface area contributed by atoms with Crippen molar-refractivity contribution in [3.8, 4) is 0 Å². The second-order valence-electron chi connectivity index (χ2n) is 4.61. The molecule has 1 aromatic carbocycles. The number of Topliss-reactive ketones (excluding diaryl/α,β-unsaturated/α-hetero) is 1. The molecule has 3 nitrogen and oxygen atoms in total. The summed E-state index contributed by atoms with van der Waals surface area (Å²) in [6.07, 6.45) is 0. The molecule has 0 aliphatic rings. The molecular weight excluding hydrogens is 226 g/mol. The average Bonchev–Trinajstić information content (AvgIpc) is 2.36. The van der Waals surface area contributed by atoms with E-state index in [1.165, 1.54) is 0 Å². The Morgan fingerprint density at radius 3 is 2.61 bits per heavy atom. The molecule has 1 atom stereocenters. The van der Waals surface area contributed by atoms with Gasteiger partial charge in [-0.1, -0.05) is 31.2 Å². The molecule has 0 bridgehead atoms. The van der Waals surface area contributed by atoms with Gasteiger partial charge in [0, 0.05) is 18.7 Å². The molecule has 0 heterocycles. The number of hydrogen-bond acceptors (Lipinski definition) is 3. The number of carbonyl (C=O) groups is 1. The summed E-state index contributed by atoms with van der Waals surface area (Å²) < 4.78 is 5.14. The first-order chi connectivity index (χ1) is 8.60. The fraction of sp³-hybridized carbons (Fsp3) is 0.533. The third kappa shape index (κ3) is 3.93. The molecule has 1 rings (SSSR count). The van der Waals surface area contributed by atoms with Gasteiger partial charge in [-0.15, -0.1) is 0 Å². The predicted molar refractivity (Wildman–Crippen MR) is 74.1 cm³/mol. The van der Waals surface area contributed by atoms with Crippen LogP contribution in [0.3, 0.4) is 0 Å². The minimum atomic E-state index is 0.179. The minimum absolute atomic E-state index is 0.179. The van der Waals surface area contributed by atoms with Crippen molar-refractivity contribution in [3.63, 3.8) is 0 Å². The van der Waals surface area contributed by atoms with Gasteiger partial charge in [0.25, 0.3) is 0 Å². The monoisotopic (exact) mass is 249 g/mol. The van der Waals surface area contributed by atoms with Crippen molar-refractivity contribution < 1.29 is 9.53 Å². The zero-order valence-electron chi connectivity index (χ0n) is 11.8. The van der Waals surface area contributed by atoms with E-state index in [1.807, 2.05) is 31.2 Å². The van der Waals surface area contributed by atoms with E-state index in [1.54, 1.807) is 7.11 Å². The van der Waals surface area contributed by atoms with Gasteiger partial charge in [-0.25, -0.2) is 0 Å². The van der Waals surface area contributed by atoms with Crippen molar-refractivity contribution in [3.05, 3.63) is 35.4 Å². The van der Waals surface area contributed by atoms with E-state index in [4.69, 9.17) is 4.74 Å². The van der Waals surface area contributed by atoms with Crippen LogP contribution in [0.4, 0.5) is 0 Å². The lowest BCUT2D eigenvalue weighted by molar-refractivity contribution is 0.0787. The largest absolute Gasteiger partial charge is 0.383 e. The number of aryl methyl sites for hydroxylation is 1. The first-order valence-electron chi connectivity index (χ1n) is 6.42. The Hall–Kier alpha value is -1.19. The van der Waals surface area contributed by atoms with Crippen molar-refractivity contribution in [2.24, 2.45) is 0 Å². The number of carbonyl (C=O) groups excluding carboxylic acids is 1. The summed E-state index contributed by atoms with van der Waals surface area (Å²) in [6, 6.07) is 7.99. The number of ketones is 1. The number of benzene rings is 1. The quantitative estimate of drug-likeness (QED) is 0.695. The van der Waals surface area contributed by atoms with Crippen LogP contribution in [-0.2, 0) is 4.74 Å². The van der Waals surface area contributed by atoms with Gasteiger partial charge >= 0.3 is 0 Å². The summed E-state index contributed by atoms with van der Waals surface area (Å²) in [5, 5.41) is 0. The zero-order valence-corrected chi connectivity index (χ0v) is 11.8. The summed E-state index contributed by atoms with van der Waals surface area (Å²) >= 11 is 0. The molecule has 0 radical (unpaired) electrons. The van der Waals surface area contributed by atoms with E-state index in [9.17, 15) is 4.79 Å². The molecule has 100 valence electrons. The Labute approximate surface area is 110 Å². The summed E-state index contributed by atoms with van der Waals surface area (Å²) in [7, 11) is 1.69. The van der Waals surface area contributed by atoms with Crippen molar-refractivity contribution in [1.82, 2.24) is 4.90 Å². The third-order valence-electron chi connectivity index (χ3n) is 3.23. The van der Waals surface area contributed by atoms with Crippen LogP contribution in [0.1, 0.15) is 29.8 Å². The van der Waals surface area contributed by atoms with Crippen LogP contribution in [0.25, 0.3) is 0 Å². The van der Waals surface area contributed by atoms with Gasteiger partial charge in [0.2, 0.25) is 0 Å². The zero-order chi connectivity index (χ0) is 13.5. The van der Waals surface area contributed by atoms with Gasteiger partial charge < -0.3 is 4.74 Å². The van der Waals surface area contributed by atoms with Crippen molar-refractivity contribution >= 4 is 5.78 Å². The molecule has 0 spiro atoms. The fourth-order valence-electron chi connectivity index (χ4n) is 2.08. The number of methoxy groups -OCH3 is 1. The van der Waals surface area contributed by atoms with Crippen LogP contribution in [0, 0.1) is 6.92 Å². The molecule has 0 aliphatic carbocycles. The van der Waals surface area contributed by atoms with E-state index in [-0.39, 0.29) is 11.8 Å². The summed E-state index contributed by atoms with van der Waals surface area (Å²) in [4.78, 5) is 14.4. The normalized spacial score (nSPS) is 12.7. The number of nitrogens with zero attached hydrogens (tertiary/aromatic N) is 1. The maximum Gasteiger partial charge on any atom is 0.177 e. The summed E-state index contributed by atoms with van der Waals surface area (Å²) in [5.41, 5.74) is 1.86. The number of likely N-dealkylation sites (N-methyl/N-ethyl adjacent to an activating group) is 1. The Kier molecular flexibility index (Phi) is 6.02. The van der Waals surface area contributed by atoms with Gasteiger partial charge in [0.15, 0.2) is 5.78 Å².